The van der Waals surface area contributed by atoms with Gasteiger partial charge in [-0.05, 0) is 38.7 Å². The summed E-state index contributed by atoms with van der Waals surface area (Å²) in [7, 11) is 0. The number of nitrogen functional groups attached to an aromatic ring is 1. The lowest BCUT2D eigenvalue weighted by Crippen LogP contribution is -2.42. The second-order valence-corrected chi connectivity index (χ2v) is 5.50. The Bertz CT molecular complexity index is 490. The first-order chi connectivity index (χ1) is 9.54. The fourth-order valence-electron chi connectivity index (χ4n) is 2.66. The van der Waals surface area contributed by atoms with Gasteiger partial charge in [-0.1, -0.05) is 6.92 Å². The summed E-state index contributed by atoms with van der Waals surface area (Å²) >= 11 is 0. The minimum absolute atomic E-state index is 0.340. The first kappa shape index (κ1) is 14.6. The van der Waals surface area contributed by atoms with Crippen LogP contribution in [0.5, 0.6) is 0 Å². The van der Waals surface area contributed by atoms with E-state index in [0.717, 1.165) is 13.0 Å². The lowest BCUT2D eigenvalue weighted by atomic mass is 9.95. The van der Waals surface area contributed by atoms with Crippen LogP contribution in [0, 0.1) is 5.92 Å². The number of hydrogen-bond donors (Lipinski definition) is 1. The van der Waals surface area contributed by atoms with Crippen LogP contribution in [0.4, 0.5) is 11.5 Å². The quantitative estimate of drug-likeness (QED) is 0.860. The van der Waals surface area contributed by atoms with Crippen LogP contribution >= 0.6 is 0 Å². The lowest BCUT2D eigenvalue weighted by molar-refractivity contribution is 0.0527. The van der Waals surface area contributed by atoms with Gasteiger partial charge in [0.15, 0.2) is 5.82 Å². The van der Waals surface area contributed by atoms with E-state index in [1.165, 1.54) is 6.42 Å². The number of nitrogens with zero attached hydrogens (tertiary/aromatic N) is 2. The molecular weight excluding hydrogens is 254 g/mol. The van der Waals surface area contributed by atoms with Gasteiger partial charge in [0.2, 0.25) is 0 Å². The molecular formula is C15H23N3O2. The minimum atomic E-state index is -0.383. The van der Waals surface area contributed by atoms with Gasteiger partial charge in [-0.3, -0.25) is 0 Å². The standard InChI is InChI=1S/C15H23N3O2/c1-4-20-15(19)12-7-8-17-14(13(12)16)18-9-10(2)5-6-11(18)3/h7-8,10-11H,4-6,9,16H2,1-3H3. The SMILES string of the molecule is CCOC(=O)c1ccnc(N2CC(C)CCC2C)c1N. The number of carbonyl (C=O) groups excluding carboxylic acids is 1. The zero-order valence-corrected chi connectivity index (χ0v) is 12.4. The number of piperidine rings is 1. The Hall–Kier alpha value is -1.78. The number of nitrogens with two attached hydrogens (primary N) is 1. The van der Waals surface area contributed by atoms with E-state index in [1.807, 2.05) is 0 Å². The summed E-state index contributed by atoms with van der Waals surface area (Å²) in [4.78, 5) is 18.5. The summed E-state index contributed by atoms with van der Waals surface area (Å²) in [5.41, 5.74) is 6.98. The van der Waals surface area contributed by atoms with Gasteiger partial charge < -0.3 is 15.4 Å². The number of carbonyl (C=O) groups is 1. The molecule has 0 bridgehead atoms. The Balaban J connectivity index is 2.32. The number of pyridine rings is 1. The highest BCUT2D eigenvalue weighted by atomic mass is 16.5. The predicted molar refractivity (Wildman–Crippen MR) is 79.8 cm³/mol. The molecule has 20 heavy (non-hydrogen) atoms. The van der Waals surface area contributed by atoms with Crippen molar-refractivity contribution in [2.75, 3.05) is 23.8 Å². The van der Waals surface area contributed by atoms with Gasteiger partial charge in [-0.2, -0.15) is 0 Å². The molecule has 5 heteroatoms. The fourth-order valence-corrected chi connectivity index (χ4v) is 2.66. The van der Waals surface area contributed by atoms with Gasteiger partial charge in [0.1, 0.15) is 0 Å². The summed E-state index contributed by atoms with van der Waals surface area (Å²) in [6, 6.07) is 2.01. The predicted octanol–water partition coefficient (Wildman–Crippen LogP) is 2.47. The van der Waals surface area contributed by atoms with E-state index in [1.54, 1.807) is 19.2 Å². The molecule has 2 unspecified atom stereocenters. The van der Waals surface area contributed by atoms with Crippen molar-refractivity contribution in [1.82, 2.24) is 4.98 Å². The monoisotopic (exact) mass is 277 g/mol. The van der Waals surface area contributed by atoms with E-state index in [2.05, 4.69) is 23.7 Å². The van der Waals surface area contributed by atoms with Crippen LogP contribution in [0.2, 0.25) is 0 Å². The molecule has 0 spiro atoms. The number of hydrogen-bond acceptors (Lipinski definition) is 5. The van der Waals surface area contributed by atoms with E-state index < -0.39 is 0 Å². The highest BCUT2D eigenvalue weighted by molar-refractivity contribution is 5.97. The van der Waals surface area contributed by atoms with Crippen molar-refractivity contribution in [1.29, 1.82) is 0 Å². The number of rotatable bonds is 3. The van der Waals surface area contributed by atoms with Gasteiger partial charge >= 0.3 is 5.97 Å². The number of anilines is 2. The Morgan fingerprint density at radius 2 is 2.25 bits per heavy atom. The summed E-state index contributed by atoms with van der Waals surface area (Å²) in [6.45, 7) is 7.44. The molecule has 1 aliphatic rings. The summed E-state index contributed by atoms with van der Waals surface area (Å²) in [6.07, 6.45) is 3.96. The molecule has 0 saturated carbocycles. The van der Waals surface area contributed by atoms with Gasteiger partial charge in [0, 0.05) is 18.8 Å². The summed E-state index contributed by atoms with van der Waals surface area (Å²) in [5, 5.41) is 0. The molecule has 0 aliphatic carbocycles. The van der Waals surface area contributed by atoms with Crippen LogP contribution < -0.4 is 10.6 Å². The largest absolute Gasteiger partial charge is 0.462 e. The molecule has 5 nitrogen and oxygen atoms in total. The molecule has 0 radical (unpaired) electrons. The molecule has 1 aliphatic heterocycles. The molecule has 0 aromatic carbocycles. The van der Waals surface area contributed by atoms with Crippen LogP contribution in [0.25, 0.3) is 0 Å². The third-order valence-corrected chi connectivity index (χ3v) is 3.85. The molecule has 2 rings (SSSR count). The van der Waals surface area contributed by atoms with Crippen molar-refractivity contribution in [2.45, 2.75) is 39.7 Å². The molecule has 110 valence electrons. The van der Waals surface area contributed by atoms with E-state index in [-0.39, 0.29) is 5.97 Å². The van der Waals surface area contributed by atoms with Crippen LogP contribution in [-0.2, 0) is 4.74 Å². The van der Waals surface area contributed by atoms with Crippen molar-refractivity contribution in [3.8, 4) is 0 Å². The maximum atomic E-state index is 11.9. The highest BCUT2D eigenvalue weighted by Crippen LogP contribution is 2.31. The Morgan fingerprint density at radius 1 is 1.50 bits per heavy atom. The fraction of sp³-hybridized carbons (Fsp3) is 0.600. The van der Waals surface area contributed by atoms with Crippen LogP contribution in [-0.4, -0.2) is 30.1 Å². The van der Waals surface area contributed by atoms with E-state index in [4.69, 9.17) is 10.5 Å². The maximum absolute atomic E-state index is 11.9. The molecule has 2 N–H and O–H groups in total. The Morgan fingerprint density at radius 3 is 2.95 bits per heavy atom. The third-order valence-electron chi connectivity index (χ3n) is 3.85. The topological polar surface area (TPSA) is 68.5 Å². The third kappa shape index (κ3) is 2.86. The Kier molecular flexibility index (Phi) is 4.47. The van der Waals surface area contributed by atoms with Crippen molar-refractivity contribution in [3.63, 3.8) is 0 Å². The second kappa shape index (κ2) is 6.11. The number of esters is 1. The zero-order chi connectivity index (χ0) is 14.7. The molecule has 1 fully saturated rings. The smallest absolute Gasteiger partial charge is 0.340 e. The summed E-state index contributed by atoms with van der Waals surface area (Å²) in [5.74, 6) is 0.930. The zero-order valence-electron chi connectivity index (χ0n) is 12.4. The van der Waals surface area contributed by atoms with Gasteiger partial charge in [0.05, 0.1) is 17.9 Å². The Labute approximate surface area is 120 Å². The molecule has 1 saturated heterocycles. The minimum Gasteiger partial charge on any atom is -0.462 e. The number of aromatic nitrogens is 1. The van der Waals surface area contributed by atoms with E-state index in [9.17, 15) is 4.79 Å². The average Bonchev–Trinajstić information content (AvgIpc) is 2.42. The van der Waals surface area contributed by atoms with Gasteiger partial charge in [-0.15, -0.1) is 0 Å². The molecule has 2 heterocycles. The highest BCUT2D eigenvalue weighted by Gasteiger charge is 2.27. The van der Waals surface area contributed by atoms with Crippen LogP contribution in [0.1, 0.15) is 44.0 Å². The maximum Gasteiger partial charge on any atom is 0.340 e. The summed E-state index contributed by atoms with van der Waals surface area (Å²) < 4.78 is 5.03. The second-order valence-electron chi connectivity index (χ2n) is 5.50. The van der Waals surface area contributed by atoms with Crippen molar-refractivity contribution < 1.29 is 9.53 Å². The van der Waals surface area contributed by atoms with Crippen molar-refractivity contribution in [3.05, 3.63) is 17.8 Å². The van der Waals surface area contributed by atoms with Crippen molar-refractivity contribution >= 4 is 17.5 Å². The molecule has 0 amide bonds. The number of ether oxygens (including phenoxy) is 1. The van der Waals surface area contributed by atoms with Crippen LogP contribution in [0.15, 0.2) is 12.3 Å². The molecule has 2 atom stereocenters. The van der Waals surface area contributed by atoms with E-state index in [0.29, 0.717) is 35.6 Å². The first-order valence-corrected chi connectivity index (χ1v) is 7.22. The molecule has 1 aromatic rings. The van der Waals surface area contributed by atoms with Crippen LogP contribution in [0.3, 0.4) is 0 Å². The molecule has 1 aromatic heterocycles. The lowest BCUT2D eigenvalue weighted by Gasteiger charge is -2.38. The van der Waals surface area contributed by atoms with Crippen molar-refractivity contribution in [2.24, 2.45) is 5.92 Å². The normalized spacial score (nSPS) is 22.6. The van der Waals surface area contributed by atoms with Gasteiger partial charge in [-0.25, -0.2) is 9.78 Å². The van der Waals surface area contributed by atoms with E-state index >= 15 is 0 Å². The average molecular weight is 277 g/mol. The first-order valence-electron chi connectivity index (χ1n) is 7.22. The van der Waals surface area contributed by atoms with Gasteiger partial charge in [0.25, 0.3) is 0 Å².